The normalized spacial score (nSPS) is 16.4. The lowest BCUT2D eigenvalue weighted by Gasteiger charge is -2.36. The van der Waals surface area contributed by atoms with Gasteiger partial charge in [0.05, 0.1) is 12.0 Å². The number of amides is 1. The zero-order valence-electron chi connectivity index (χ0n) is 12.9. The Morgan fingerprint density at radius 2 is 1.87 bits per heavy atom. The smallest absolute Gasteiger partial charge is 0.219 e. The summed E-state index contributed by atoms with van der Waals surface area (Å²) in [6.07, 6.45) is -0.790. The number of anilines is 2. The van der Waals surface area contributed by atoms with Gasteiger partial charge in [-0.15, -0.1) is 11.6 Å². The van der Waals surface area contributed by atoms with Crippen molar-refractivity contribution in [1.29, 1.82) is 0 Å². The third kappa shape index (κ3) is 4.45. The van der Waals surface area contributed by atoms with E-state index in [1.165, 1.54) is 19.1 Å². The molecule has 1 aliphatic heterocycles. The van der Waals surface area contributed by atoms with Crippen molar-refractivity contribution in [2.24, 2.45) is 0 Å². The highest BCUT2D eigenvalue weighted by Gasteiger charge is 2.24. The molecular formula is C15H20ClF2N3O2. The third-order valence-electron chi connectivity index (χ3n) is 3.78. The first-order valence-corrected chi connectivity index (χ1v) is 7.93. The highest BCUT2D eigenvalue weighted by Crippen LogP contribution is 2.28. The molecule has 0 aromatic heterocycles. The summed E-state index contributed by atoms with van der Waals surface area (Å²) in [6, 6.07) is 2.38. The number of piperazine rings is 1. The summed E-state index contributed by atoms with van der Waals surface area (Å²) in [5.74, 6) is -1.35. The van der Waals surface area contributed by atoms with E-state index in [0.29, 0.717) is 26.2 Å². The Morgan fingerprint density at radius 3 is 2.35 bits per heavy atom. The Labute approximate surface area is 138 Å². The fourth-order valence-electron chi connectivity index (χ4n) is 2.50. The number of halogens is 3. The van der Waals surface area contributed by atoms with Gasteiger partial charge in [0.15, 0.2) is 11.6 Å². The number of hydrogen-bond acceptors (Lipinski definition) is 4. The van der Waals surface area contributed by atoms with Crippen LogP contribution in [0.4, 0.5) is 20.2 Å². The summed E-state index contributed by atoms with van der Waals surface area (Å²) >= 11 is 5.47. The van der Waals surface area contributed by atoms with Gasteiger partial charge in [-0.05, 0) is 12.1 Å². The number of aliphatic hydroxyl groups is 1. The summed E-state index contributed by atoms with van der Waals surface area (Å²) < 4.78 is 28.5. The Hall–Kier alpha value is -1.60. The minimum atomic E-state index is -0.790. The van der Waals surface area contributed by atoms with Crippen LogP contribution in [0.1, 0.15) is 6.92 Å². The number of carbonyl (C=O) groups excluding carboxylic acids is 1. The average molecular weight is 348 g/mol. The fourth-order valence-corrected chi connectivity index (χ4v) is 2.61. The van der Waals surface area contributed by atoms with Crippen molar-refractivity contribution < 1.29 is 18.7 Å². The van der Waals surface area contributed by atoms with Crippen LogP contribution in [0.15, 0.2) is 12.1 Å². The number of hydrogen-bond donors (Lipinski definition) is 2. The second kappa shape index (κ2) is 7.79. The highest BCUT2D eigenvalue weighted by molar-refractivity contribution is 6.18. The molecule has 0 saturated carbocycles. The van der Waals surface area contributed by atoms with Gasteiger partial charge >= 0.3 is 0 Å². The number of nitrogens with one attached hydrogen (secondary N) is 1. The molecule has 8 heteroatoms. The predicted molar refractivity (Wildman–Crippen MR) is 86.0 cm³/mol. The number of alkyl halides is 1. The maximum absolute atomic E-state index is 14.3. The van der Waals surface area contributed by atoms with Crippen LogP contribution in [-0.2, 0) is 4.79 Å². The number of carbonyl (C=O) groups is 1. The lowest BCUT2D eigenvalue weighted by molar-refractivity contribution is -0.129. The van der Waals surface area contributed by atoms with E-state index < -0.39 is 17.7 Å². The van der Waals surface area contributed by atoms with Gasteiger partial charge in [0.2, 0.25) is 5.91 Å². The van der Waals surface area contributed by atoms with E-state index in [4.69, 9.17) is 11.6 Å². The summed E-state index contributed by atoms with van der Waals surface area (Å²) in [4.78, 5) is 14.5. The number of rotatable bonds is 5. The molecule has 0 radical (unpaired) electrons. The molecule has 1 heterocycles. The molecule has 1 aliphatic rings. The minimum absolute atomic E-state index is 0.0382. The first-order chi connectivity index (χ1) is 10.9. The summed E-state index contributed by atoms with van der Waals surface area (Å²) in [7, 11) is 0. The lowest BCUT2D eigenvalue weighted by atomic mass is 10.2. The molecule has 1 aromatic carbocycles. The zero-order chi connectivity index (χ0) is 17.0. The summed E-state index contributed by atoms with van der Waals surface area (Å²) in [6.45, 7) is 3.23. The molecule has 1 unspecified atom stereocenters. The molecule has 2 rings (SSSR count). The van der Waals surface area contributed by atoms with Crippen LogP contribution in [0.25, 0.3) is 0 Å². The van der Waals surface area contributed by atoms with Crippen molar-refractivity contribution in [2.75, 3.05) is 48.8 Å². The molecule has 1 amide bonds. The van der Waals surface area contributed by atoms with Crippen LogP contribution >= 0.6 is 11.6 Å². The van der Waals surface area contributed by atoms with Gasteiger partial charge in [-0.1, -0.05) is 0 Å². The van der Waals surface area contributed by atoms with Gasteiger partial charge in [0.1, 0.15) is 5.69 Å². The van der Waals surface area contributed by atoms with E-state index >= 15 is 0 Å². The number of nitrogens with zero attached hydrogens (tertiary/aromatic N) is 2. The molecule has 0 spiro atoms. The van der Waals surface area contributed by atoms with E-state index in [9.17, 15) is 18.7 Å². The number of benzene rings is 1. The molecule has 23 heavy (non-hydrogen) atoms. The monoisotopic (exact) mass is 347 g/mol. The maximum Gasteiger partial charge on any atom is 0.219 e. The van der Waals surface area contributed by atoms with Crippen LogP contribution in [0, 0.1) is 11.6 Å². The van der Waals surface area contributed by atoms with Gasteiger partial charge in [0.25, 0.3) is 0 Å². The quantitative estimate of drug-likeness (QED) is 0.795. The van der Waals surface area contributed by atoms with E-state index in [1.54, 1.807) is 9.80 Å². The van der Waals surface area contributed by atoms with E-state index in [0.717, 1.165) is 0 Å². The molecule has 0 aliphatic carbocycles. The fraction of sp³-hybridized carbons (Fsp3) is 0.533. The number of aliphatic hydroxyl groups excluding tert-OH is 1. The van der Waals surface area contributed by atoms with Gasteiger partial charge in [-0.3, -0.25) is 4.79 Å². The predicted octanol–water partition coefficient (Wildman–Crippen LogP) is 1.64. The molecule has 5 nitrogen and oxygen atoms in total. The van der Waals surface area contributed by atoms with E-state index in [2.05, 4.69) is 5.32 Å². The topological polar surface area (TPSA) is 55.8 Å². The van der Waals surface area contributed by atoms with Crippen molar-refractivity contribution in [3.05, 3.63) is 23.8 Å². The summed E-state index contributed by atoms with van der Waals surface area (Å²) in [5, 5.41) is 12.1. The van der Waals surface area contributed by atoms with Crippen molar-refractivity contribution in [2.45, 2.75) is 13.0 Å². The van der Waals surface area contributed by atoms with Crippen LogP contribution in [0.3, 0.4) is 0 Å². The van der Waals surface area contributed by atoms with Crippen molar-refractivity contribution in [3.63, 3.8) is 0 Å². The SMILES string of the molecule is CC(=O)N1CCN(c2c(F)cc(NCC(O)CCl)cc2F)CC1. The van der Waals surface area contributed by atoms with Crippen LogP contribution in [-0.4, -0.2) is 60.6 Å². The molecule has 1 fully saturated rings. The lowest BCUT2D eigenvalue weighted by Crippen LogP contribution is -2.48. The largest absolute Gasteiger partial charge is 0.390 e. The highest BCUT2D eigenvalue weighted by atomic mass is 35.5. The molecule has 128 valence electrons. The Morgan fingerprint density at radius 1 is 1.30 bits per heavy atom. The maximum atomic E-state index is 14.3. The average Bonchev–Trinajstić information content (AvgIpc) is 2.52. The minimum Gasteiger partial charge on any atom is -0.390 e. The second-order valence-corrected chi connectivity index (χ2v) is 5.78. The Bertz CT molecular complexity index is 543. The van der Waals surface area contributed by atoms with Crippen LogP contribution < -0.4 is 10.2 Å². The van der Waals surface area contributed by atoms with Crippen molar-refractivity contribution in [3.8, 4) is 0 Å². The van der Waals surface area contributed by atoms with Crippen molar-refractivity contribution in [1.82, 2.24) is 4.90 Å². The first kappa shape index (κ1) is 17.7. The van der Waals surface area contributed by atoms with Crippen LogP contribution in [0.5, 0.6) is 0 Å². The van der Waals surface area contributed by atoms with Crippen molar-refractivity contribution >= 4 is 28.9 Å². The van der Waals surface area contributed by atoms with Gasteiger partial charge in [0, 0.05) is 45.3 Å². The molecule has 1 atom stereocenters. The zero-order valence-corrected chi connectivity index (χ0v) is 13.6. The van der Waals surface area contributed by atoms with E-state index in [1.807, 2.05) is 0 Å². The second-order valence-electron chi connectivity index (χ2n) is 5.47. The van der Waals surface area contributed by atoms with Gasteiger partial charge in [-0.25, -0.2) is 8.78 Å². The molecule has 1 saturated heterocycles. The molecular weight excluding hydrogens is 328 g/mol. The summed E-state index contributed by atoms with van der Waals surface area (Å²) in [5.41, 5.74) is 0.159. The standard InChI is InChI=1S/C15H20ClF2N3O2/c1-10(22)20-2-4-21(5-3-20)15-13(17)6-11(7-14(15)18)19-9-12(23)8-16/h6-7,12,19,23H,2-5,8-9H2,1H3. The Balaban J connectivity index is 2.07. The van der Waals surface area contributed by atoms with Gasteiger partial charge in [-0.2, -0.15) is 0 Å². The van der Waals surface area contributed by atoms with Gasteiger partial charge < -0.3 is 20.2 Å². The van der Waals surface area contributed by atoms with E-state index in [-0.39, 0.29) is 29.7 Å². The molecule has 0 bridgehead atoms. The third-order valence-corrected chi connectivity index (χ3v) is 4.13. The Kier molecular flexibility index (Phi) is 6.01. The molecule has 1 aromatic rings. The van der Waals surface area contributed by atoms with Crippen LogP contribution in [0.2, 0.25) is 0 Å². The first-order valence-electron chi connectivity index (χ1n) is 7.39. The molecule has 2 N–H and O–H groups in total.